The highest BCUT2D eigenvalue weighted by Gasteiger charge is 2.07. The molecule has 0 atom stereocenters. The molecule has 0 radical (unpaired) electrons. The van der Waals surface area contributed by atoms with Gasteiger partial charge < -0.3 is 10.6 Å². The van der Waals surface area contributed by atoms with E-state index in [-0.39, 0.29) is 5.84 Å². The van der Waals surface area contributed by atoms with Gasteiger partial charge in [-0.15, -0.1) is 0 Å². The zero-order valence-electron chi connectivity index (χ0n) is 11.5. The van der Waals surface area contributed by atoms with Gasteiger partial charge in [0.05, 0.1) is 17.9 Å². The highest BCUT2D eigenvalue weighted by molar-refractivity contribution is 5.95. The maximum absolute atomic E-state index is 7.38. The molecule has 0 aliphatic heterocycles. The molecule has 3 N–H and O–H groups in total. The van der Waals surface area contributed by atoms with Crippen LogP contribution in [0.3, 0.4) is 0 Å². The van der Waals surface area contributed by atoms with Crippen molar-refractivity contribution in [2.24, 2.45) is 12.8 Å². The van der Waals surface area contributed by atoms with Crippen molar-refractivity contribution in [1.29, 1.82) is 5.41 Å². The molecule has 0 bridgehead atoms. The summed E-state index contributed by atoms with van der Waals surface area (Å²) in [6.45, 7) is 2.78. The van der Waals surface area contributed by atoms with E-state index < -0.39 is 0 Å². The van der Waals surface area contributed by atoms with Gasteiger partial charge >= 0.3 is 0 Å². The number of nitrogen functional groups attached to an aromatic ring is 1. The Bertz CT molecular complexity index is 582. The number of nitrogens with zero attached hydrogens (tertiary/aromatic N) is 3. The van der Waals surface area contributed by atoms with E-state index in [1.54, 1.807) is 0 Å². The molecule has 5 nitrogen and oxygen atoms in total. The van der Waals surface area contributed by atoms with Crippen molar-refractivity contribution in [3.63, 3.8) is 0 Å². The van der Waals surface area contributed by atoms with Crippen LogP contribution in [0.4, 0.5) is 5.69 Å². The lowest BCUT2D eigenvalue weighted by Gasteiger charge is -2.19. The predicted molar refractivity (Wildman–Crippen MR) is 77.5 cm³/mol. The Balaban J connectivity index is 2.13. The largest absolute Gasteiger partial charge is 0.384 e. The van der Waals surface area contributed by atoms with Crippen molar-refractivity contribution in [2.45, 2.75) is 13.5 Å². The summed E-state index contributed by atoms with van der Waals surface area (Å²) >= 11 is 0. The van der Waals surface area contributed by atoms with Crippen LogP contribution < -0.4 is 10.6 Å². The molecule has 0 saturated carbocycles. The van der Waals surface area contributed by atoms with E-state index in [1.165, 1.54) is 0 Å². The fraction of sp³-hybridized carbons (Fsp3) is 0.286. The number of amidine groups is 1. The second-order valence-electron chi connectivity index (χ2n) is 4.72. The smallest absolute Gasteiger partial charge is 0.122 e. The first-order valence-corrected chi connectivity index (χ1v) is 6.12. The normalized spacial score (nSPS) is 10.5. The molecule has 0 aliphatic rings. The first-order chi connectivity index (χ1) is 8.97. The van der Waals surface area contributed by atoms with Crippen LogP contribution in [0.25, 0.3) is 0 Å². The quantitative estimate of drug-likeness (QED) is 0.646. The van der Waals surface area contributed by atoms with Crippen LogP contribution >= 0.6 is 0 Å². The van der Waals surface area contributed by atoms with Crippen LogP contribution in [0.15, 0.2) is 30.3 Å². The second-order valence-corrected chi connectivity index (χ2v) is 4.72. The molecule has 1 aromatic carbocycles. The molecule has 2 aromatic rings. The maximum Gasteiger partial charge on any atom is 0.122 e. The summed E-state index contributed by atoms with van der Waals surface area (Å²) in [5.41, 5.74) is 9.46. The number of aryl methyl sites for hydroxylation is 2. The van der Waals surface area contributed by atoms with Gasteiger partial charge in [0.1, 0.15) is 5.84 Å². The minimum Gasteiger partial charge on any atom is -0.384 e. The number of rotatable bonds is 4. The van der Waals surface area contributed by atoms with Crippen molar-refractivity contribution < 1.29 is 0 Å². The Morgan fingerprint density at radius 1 is 1.37 bits per heavy atom. The zero-order chi connectivity index (χ0) is 14.0. The van der Waals surface area contributed by atoms with Crippen molar-refractivity contribution >= 4 is 11.5 Å². The Kier molecular flexibility index (Phi) is 3.55. The Morgan fingerprint density at radius 2 is 2.00 bits per heavy atom. The van der Waals surface area contributed by atoms with Gasteiger partial charge in [0.25, 0.3) is 0 Å². The minimum atomic E-state index is 0.0939. The van der Waals surface area contributed by atoms with Crippen LogP contribution in [0.1, 0.15) is 17.0 Å². The van der Waals surface area contributed by atoms with E-state index >= 15 is 0 Å². The van der Waals surface area contributed by atoms with E-state index in [0.29, 0.717) is 0 Å². The third kappa shape index (κ3) is 2.93. The number of hydrogen-bond donors (Lipinski definition) is 2. The average Bonchev–Trinajstić information content (AvgIpc) is 2.68. The summed E-state index contributed by atoms with van der Waals surface area (Å²) in [4.78, 5) is 2.14. The first kappa shape index (κ1) is 13.1. The van der Waals surface area contributed by atoms with Gasteiger partial charge in [0, 0.05) is 25.3 Å². The highest BCUT2D eigenvalue weighted by atomic mass is 15.3. The summed E-state index contributed by atoms with van der Waals surface area (Å²) in [5.74, 6) is 0.0939. The summed E-state index contributed by atoms with van der Waals surface area (Å²) in [6, 6.07) is 9.76. The van der Waals surface area contributed by atoms with E-state index in [1.807, 2.05) is 50.0 Å². The molecule has 1 heterocycles. The van der Waals surface area contributed by atoms with E-state index in [0.717, 1.165) is 29.2 Å². The molecule has 1 aromatic heterocycles. The molecule has 5 heteroatoms. The SMILES string of the molecule is Cc1cc(CN(C)c2ccc(C(=N)N)cc2)n(C)n1. The van der Waals surface area contributed by atoms with Crippen LogP contribution in [-0.2, 0) is 13.6 Å². The van der Waals surface area contributed by atoms with Gasteiger partial charge in [-0.25, -0.2) is 0 Å². The fourth-order valence-corrected chi connectivity index (χ4v) is 2.04. The molecular weight excluding hydrogens is 238 g/mol. The molecule has 0 fully saturated rings. The van der Waals surface area contributed by atoms with Crippen molar-refractivity contribution in [1.82, 2.24) is 9.78 Å². The summed E-state index contributed by atoms with van der Waals surface area (Å²) in [6.07, 6.45) is 0. The van der Waals surface area contributed by atoms with Crippen molar-refractivity contribution in [3.8, 4) is 0 Å². The molecule has 19 heavy (non-hydrogen) atoms. The van der Waals surface area contributed by atoms with Gasteiger partial charge in [0.2, 0.25) is 0 Å². The zero-order valence-corrected chi connectivity index (χ0v) is 11.5. The lowest BCUT2D eigenvalue weighted by molar-refractivity contribution is 0.694. The lowest BCUT2D eigenvalue weighted by atomic mass is 10.2. The van der Waals surface area contributed by atoms with E-state index in [9.17, 15) is 0 Å². The molecule has 0 aliphatic carbocycles. The molecule has 0 unspecified atom stereocenters. The Labute approximate surface area is 113 Å². The molecule has 0 saturated heterocycles. The van der Waals surface area contributed by atoms with Gasteiger partial charge in [-0.05, 0) is 37.3 Å². The van der Waals surface area contributed by atoms with Crippen LogP contribution in [0, 0.1) is 12.3 Å². The van der Waals surface area contributed by atoms with Gasteiger partial charge in [-0.1, -0.05) is 0 Å². The number of benzene rings is 1. The predicted octanol–water partition coefficient (Wildman–Crippen LogP) is 1.65. The Morgan fingerprint density at radius 3 is 2.47 bits per heavy atom. The Hall–Kier alpha value is -2.30. The number of aromatic nitrogens is 2. The average molecular weight is 257 g/mol. The fourth-order valence-electron chi connectivity index (χ4n) is 2.04. The molecule has 0 spiro atoms. The van der Waals surface area contributed by atoms with Gasteiger partial charge in [-0.2, -0.15) is 5.10 Å². The highest BCUT2D eigenvalue weighted by Crippen LogP contribution is 2.16. The second kappa shape index (κ2) is 5.14. The van der Waals surface area contributed by atoms with Crippen molar-refractivity contribution in [2.75, 3.05) is 11.9 Å². The maximum atomic E-state index is 7.38. The minimum absolute atomic E-state index is 0.0939. The molecule has 100 valence electrons. The van der Waals surface area contributed by atoms with Crippen LogP contribution in [0.2, 0.25) is 0 Å². The first-order valence-electron chi connectivity index (χ1n) is 6.12. The number of nitrogens with one attached hydrogen (secondary N) is 1. The van der Waals surface area contributed by atoms with Crippen LogP contribution in [-0.4, -0.2) is 22.7 Å². The van der Waals surface area contributed by atoms with Crippen LogP contribution in [0.5, 0.6) is 0 Å². The van der Waals surface area contributed by atoms with E-state index in [2.05, 4.69) is 16.1 Å². The van der Waals surface area contributed by atoms with E-state index in [4.69, 9.17) is 11.1 Å². The monoisotopic (exact) mass is 257 g/mol. The number of anilines is 1. The topological polar surface area (TPSA) is 70.9 Å². The molecule has 0 amide bonds. The van der Waals surface area contributed by atoms with Gasteiger partial charge in [-0.3, -0.25) is 10.1 Å². The van der Waals surface area contributed by atoms with Gasteiger partial charge in [0.15, 0.2) is 0 Å². The van der Waals surface area contributed by atoms with Crippen molar-refractivity contribution in [3.05, 3.63) is 47.3 Å². The summed E-state index contributed by atoms with van der Waals surface area (Å²) < 4.78 is 1.90. The molecule has 2 rings (SSSR count). The lowest BCUT2D eigenvalue weighted by Crippen LogP contribution is -2.19. The number of nitrogens with two attached hydrogens (primary N) is 1. The number of hydrogen-bond acceptors (Lipinski definition) is 3. The summed E-state index contributed by atoms with van der Waals surface area (Å²) in [7, 11) is 3.99. The third-order valence-electron chi connectivity index (χ3n) is 3.12. The molecular formula is C14H19N5. The third-order valence-corrected chi connectivity index (χ3v) is 3.12. The standard InChI is InChI=1S/C14H19N5/c1-10-8-13(19(3)17-10)9-18(2)12-6-4-11(5-7-12)14(15)16/h4-8H,9H2,1-3H3,(H3,15,16). The summed E-state index contributed by atoms with van der Waals surface area (Å²) in [5, 5.41) is 11.7.